The highest BCUT2D eigenvalue weighted by Gasteiger charge is 2.09. The van der Waals surface area contributed by atoms with Crippen LogP contribution >= 0.6 is 0 Å². The van der Waals surface area contributed by atoms with E-state index in [0.717, 1.165) is 17.9 Å². The monoisotopic (exact) mass is 313 g/mol. The molecule has 0 atom stereocenters. The van der Waals surface area contributed by atoms with Gasteiger partial charge < -0.3 is 15.5 Å². The van der Waals surface area contributed by atoms with Gasteiger partial charge in [-0.25, -0.2) is 9.97 Å². The average molecular weight is 313 g/mol. The van der Waals surface area contributed by atoms with E-state index in [4.69, 9.17) is 0 Å². The standard InChI is InChI=1S/C17H23N5O/c1-12(2)9-19-16-11-18-15(10-20-16)17(23)21-13-5-7-14(8-6-13)22(3)4/h5-8,10-12H,9H2,1-4H3,(H,19,20)(H,21,23). The van der Waals surface area contributed by atoms with Crippen LogP contribution in [-0.4, -0.2) is 36.5 Å². The molecule has 0 fully saturated rings. The molecule has 6 heteroatoms. The molecule has 23 heavy (non-hydrogen) atoms. The van der Waals surface area contributed by atoms with Crippen molar-refractivity contribution in [2.24, 2.45) is 5.92 Å². The van der Waals surface area contributed by atoms with Crippen LogP contribution in [0.2, 0.25) is 0 Å². The summed E-state index contributed by atoms with van der Waals surface area (Å²) < 4.78 is 0. The van der Waals surface area contributed by atoms with Gasteiger partial charge in [0.25, 0.3) is 5.91 Å². The number of nitrogens with one attached hydrogen (secondary N) is 2. The molecule has 0 saturated carbocycles. The molecule has 0 bridgehead atoms. The first-order valence-corrected chi connectivity index (χ1v) is 7.60. The maximum absolute atomic E-state index is 12.2. The quantitative estimate of drug-likeness (QED) is 0.858. The molecular formula is C17H23N5O. The topological polar surface area (TPSA) is 70.2 Å². The molecule has 2 aromatic rings. The third-order valence-corrected chi connectivity index (χ3v) is 3.22. The highest BCUT2D eigenvalue weighted by atomic mass is 16.1. The van der Waals surface area contributed by atoms with E-state index < -0.39 is 0 Å². The van der Waals surface area contributed by atoms with E-state index in [1.54, 1.807) is 6.20 Å². The second-order valence-corrected chi connectivity index (χ2v) is 5.96. The second-order valence-electron chi connectivity index (χ2n) is 5.96. The van der Waals surface area contributed by atoms with Gasteiger partial charge in [0.05, 0.1) is 12.4 Å². The Kier molecular flexibility index (Phi) is 5.51. The van der Waals surface area contributed by atoms with Crippen LogP contribution in [0.15, 0.2) is 36.7 Å². The Morgan fingerprint density at radius 3 is 2.35 bits per heavy atom. The van der Waals surface area contributed by atoms with E-state index in [2.05, 4.69) is 34.4 Å². The number of rotatable bonds is 6. The molecule has 1 heterocycles. The van der Waals surface area contributed by atoms with Crippen molar-refractivity contribution in [1.82, 2.24) is 9.97 Å². The first-order valence-electron chi connectivity index (χ1n) is 7.60. The average Bonchev–Trinajstić information content (AvgIpc) is 2.54. The number of carbonyl (C=O) groups is 1. The smallest absolute Gasteiger partial charge is 0.275 e. The maximum atomic E-state index is 12.2. The number of hydrogen-bond acceptors (Lipinski definition) is 5. The normalized spacial score (nSPS) is 10.5. The summed E-state index contributed by atoms with van der Waals surface area (Å²) >= 11 is 0. The summed E-state index contributed by atoms with van der Waals surface area (Å²) in [6, 6.07) is 7.61. The van der Waals surface area contributed by atoms with Gasteiger partial charge in [-0.2, -0.15) is 0 Å². The second kappa shape index (κ2) is 7.58. The van der Waals surface area contributed by atoms with Crippen molar-refractivity contribution in [3.05, 3.63) is 42.4 Å². The molecule has 1 aromatic carbocycles. The van der Waals surface area contributed by atoms with Crippen molar-refractivity contribution in [3.8, 4) is 0 Å². The van der Waals surface area contributed by atoms with Crippen LogP contribution in [0.1, 0.15) is 24.3 Å². The first kappa shape index (κ1) is 16.7. The maximum Gasteiger partial charge on any atom is 0.275 e. The van der Waals surface area contributed by atoms with E-state index in [0.29, 0.717) is 11.7 Å². The Hall–Kier alpha value is -2.63. The Morgan fingerprint density at radius 1 is 1.13 bits per heavy atom. The molecule has 2 rings (SSSR count). The molecule has 0 unspecified atom stereocenters. The summed E-state index contributed by atoms with van der Waals surface area (Å²) in [5, 5.41) is 5.98. The Balaban J connectivity index is 1.97. The third kappa shape index (κ3) is 4.95. The number of anilines is 3. The largest absolute Gasteiger partial charge is 0.378 e. The molecule has 0 radical (unpaired) electrons. The Bertz CT molecular complexity index is 635. The van der Waals surface area contributed by atoms with Gasteiger partial charge in [-0.3, -0.25) is 4.79 Å². The van der Waals surface area contributed by atoms with Crippen LogP contribution in [0, 0.1) is 5.92 Å². The van der Waals surface area contributed by atoms with Crippen LogP contribution in [-0.2, 0) is 0 Å². The van der Waals surface area contributed by atoms with Crippen molar-refractivity contribution >= 4 is 23.1 Å². The number of nitrogens with zero attached hydrogens (tertiary/aromatic N) is 3. The Morgan fingerprint density at radius 2 is 1.83 bits per heavy atom. The molecule has 1 amide bonds. The zero-order chi connectivity index (χ0) is 16.8. The molecule has 0 aliphatic carbocycles. The van der Waals surface area contributed by atoms with E-state index in [-0.39, 0.29) is 11.6 Å². The summed E-state index contributed by atoms with van der Waals surface area (Å²) in [7, 11) is 3.94. The third-order valence-electron chi connectivity index (χ3n) is 3.22. The van der Waals surface area contributed by atoms with Gasteiger partial charge in [0, 0.05) is 32.0 Å². The van der Waals surface area contributed by atoms with Gasteiger partial charge in [0.15, 0.2) is 0 Å². The fourth-order valence-electron chi connectivity index (χ4n) is 1.88. The number of carbonyl (C=O) groups excluding carboxylic acids is 1. The summed E-state index contributed by atoms with van der Waals surface area (Å²) in [5.41, 5.74) is 2.09. The van der Waals surface area contributed by atoms with Gasteiger partial charge in [0.1, 0.15) is 11.5 Å². The number of aromatic nitrogens is 2. The molecule has 2 N–H and O–H groups in total. The molecule has 0 aliphatic rings. The van der Waals surface area contributed by atoms with Crippen molar-refractivity contribution < 1.29 is 4.79 Å². The predicted octanol–water partition coefficient (Wildman–Crippen LogP) is 2.86. The molecule has 6 nitrogen and oxygen atoms in total. The minimum atomic E-state index is -0.273. The molecule has 0 saturated heterocycles. The van der Waals surface area contributed by atoms with Crippen LogP contribution in [0.5, 0.6) is 0 Å². The van der Waals surface area contributed by atoms with Gasteiger partial charge in [-0.05, 0) is 30.2 Å². The van der Waals surface area contributed by atoms with Crippen molar-refractivity contribution in [1.29, 1.82) is 0 Å². The Labute approximate surface area is 137 Å². The molecule has 1 aromatic heterocycles. The minimum absolute atomic E-state index is 0.273. The summed E-state index contributed by atoms with van der Waals surface area (Å²) in [5.74, 6) is 0.918. The van der Waals surface area contributed by atoms with Crippen molar-refractivity contribution in [3.63, 3.8) is 0 Å². The zero-order valence-electron chi connectivity index (χ0n) is 14.0. The van der Waals surface area contributed by atoms with Gasteiger partial charge in [-0.1, -0.05) is 13.8 Å². The van der Waals surface area contributed by atoms with Crippen molar-refractivity contribution in [2.75, 3.05) is 36.2 Å². The lowest BCUT2D eigenvalue weighted by Crippen LogP contribution is -2.15. The lowest BCUT2D eigenvalue weighted by Gasteiger charge is -2.13. The summed E-state index contributed by atoms with van der Waals surface area (Å²) in [6.07, 6.45) is 3.05. The molecular weight excluding hydrogens is 290 g/mol. The van der Waals surface area contributed by atoms with Crippen LogP contribution in [0.3, 0.4) is 0 Å². The van der Waals surface area contributed by atoms with Gasteiger partial charge in [0.2, 0.25) is 0 Å². The van der Waals surface area contributed by atoms with E-state index >= 15 is 0 Å². The molecule has 0 spiro atoms. The van der Waals surface area contributed by atoms with E-state index in [1.807, 2.05) is 43.3 Å². The predicted molar refractivity (Wildman–Crippen MR) is 94.1 cm³/mol. The summed E-state index contributed by atoms with van der Waals surface area (Å²) in [4.78, 5) is 22.5. The highest BCUT2D eigenvalue weighted by Crippen LogP contribution is 2.16. The van der Waals surface area contributed by atoms with E-state index in [1.165, 1.54) is 6.20 Å². The van der Waals surface area contributed by atoms with Crippen LogP contribution in [0.25, 0.3) is 0 Å². The van der Waals surface area contributed by atoms with Crippen LogP contribution < -0.4 is 15.5 Å². The summed E-state index contributed by atoms with van der Waals surface area (Å²) in [6.45, 7) is 5.05. The number of amides is 1. The van der Waals surface area contributed by atoms with Crippen LogP contribution in [0.4, 0.5) is 17.2 Å². The van der Waals surface area contributed by atoms with Crippen molar-refractivity contribution in [2.45, 2.75) is 13.8 Å². The lowest BCUT2D eigenvalue weighted by atomic mass is 10.2. The van der Waals surface area contributed by atoms with Gasteiger partial charge in [-0.15, -0.1) is 0 Å². The zero-order valence-corrected chi connectivity index (χ0v) is 14.0. The van der Waals surface area contributed by atoms with E-state index in [9.17, 15) is 4.79 Å². The lowest BCUT2D eigenvalue weighted by molar-refractivity contribution is 0.102. The molecule has 122 valence electrons. The fraction of sp³-hybridized carbons (Fsp3) is 0.353. The number of hydrogen-bond donors (Lipinski definition) is 2. The fourth-order valence-corrected chi connectivity index (χ4v) is 1.88. The SMILES string of the molecule is CC(C)CNc1cnc(C(=O)Nc2ccc(N(C)C)cc2)cn1. The number of benzene rings is 1. The minimum Gasteiger partial charge on any atom is -0.378 e. The van der Waals surface area contributed by atoms with Gasteiger partial charge >= 0.3 is 0 Å². The molecule has 0 aliphatic heterocycles. The highest BCUT2D eigenvalue weighted by molar-refractivity contribution is 6.02. The first-order chi connectivity index (χ1) is 11.0.